The summed E-state index contributed by atoms with van der Waals surface area (Å²) in [6, 6.07) is 0. The summed E-state index contributed by atoms with van der Waals surface area (Å²) in [5, 5.41) is 8.44. The van der Waals surface area contributed by atoms with Crippen molar-refractivity contribution < 1.29 is 38.5 Å². The number of carbonyl (C=O) groups excluding carboxylic acids is 3. The molecule has 0 saturated carbocycles. The van der Waals surface area contributed by atoms with Crippen LogP contribution in [0.1, 0.15) is 67.2 Å². The van der Waals surface area contributed by atoms with Gasteiger partial charge in [0.15, 0.2) is 6.61 Å². The molecule has 8 heteroatoms. The minimum Gasteiger partial charge on any atom is -0.481 e. The number of carbonyl (C=O) groups is 4. The topological polar surface area (TPSA) is 116 Å². The molecule has 0 atom stereocenters. The third-order valence-electron chi connectivity index (χ3n) is 4.24. The smallest absolute Gasteiger partial charge is 0.344 e. The first kappa shape index (κ1) is 27.1. The van der Waals surface area contributed by atoms with Gasteiger partial charge in [-0.2, -0.15) is 0 Å². The molecule has 0 amide bonds. The van der Waals surface area contributed by atoms with Crippen molar-refractivity contribution in [2.45, 2.75) is 67.2 Å². The van der Waals surface area contributed by atoms with Crippen LogP contribution in [0.2, 0.25) is 0 Å². The van der Waals surface area contributed by atoms with Gasteiger partial charge in [0.05, 0.1) is 24.5 Å². The van der Waals surface area contributed by atoms with Crippen LogP contribution in [0.5, 0.6) is 0 Å². The number of hydrogen-bond acceptors (Lipinski definition) is 7. The molecule has 0 aliphatic rings. The van der Waals surface area contributed by atoms with Gasteiger partial charge in [-0.15, -0.1) is 0 Å². The molecule has 0 heterocycles. The van der Waals surface area contributed by atoms with Crippen LogP contribution in [0.25, 0.3) is 0 Å². The lowest BCUT2D eigenvalue weighted by molar-refractivity contribution is -0.158. The van der Waals surface area contributed by atoms with Crippen LogP contribution in [-0.2, 0) is 33.4 Å². The highest BCUT2D eigenvalue weighted by molar-refractivity contribution is 5.77. The minimum absolute atomic E-state index is 0.0941. The zero-order chi connectivity index (χ0) is 21.7. The molecule has 0 aromatic carbocycles. The summed E-state index contributed by atoms with van der Waals surface area (Å²) >= 11 is 0. The highest BCUT2D eigenvalue weighted by Gasteiger charge is 2.26. The average molecular weight is 390 g/mol. The van der Waals surface area contributed by atoms with Crippen LogP contribution in [0.3, 0.4) is 0 Å². The van der Waals surface area contributed by atoms with E-state index < -0.39 is 35.3 Å². The van der Waals surface area contributed by atoms with Crippen molar-refractivity contribution in [2.75, 3.05) is 20.3 Å². The molecular weight excluding hydrogens is 356 g/mol. The zero-order valence-electron chi connectivity index (χ0n) is 17.5. The molecule has 0 aromatic rings. The molecule has 0 rings (SSSR count). The van der Waals surface area contributed by atoms with Crippen LogP contribution < -0.4 is 0 Å². The van der Waals surface area contributed by atoms with E-state index in [1.54, 1.807) is 27.7 Å². The Balaban J connectivity index is 0. The summed E-state index contributed by atoms with van der Waals surface area (Å²) in [6.07, 6.45) is 1.83. The number of ether oxygens (including phenoxy) is 3. The maximum Gasteiger partial charge on any atom is 0.344 e. The summed E-state index contributed by atoms with van der Waals surface area (Å²) in [5.41, 5.74) is -1.05. The van der Waals surface area contributed by atoms with Gasteiger partial charge in [0.2, 0.25) is 0 Å². The second-order valence-electron chi connectivity index (χ2n) is 7.26. The standard InChI is InChI=1S/C13H22O6.C6H12O2/c1-5-13(2,3)12(16)18-8-6-7-10(14)19-9-11(15)17-4;1-4-6(2,3)5(7)8/h5-9H2,1-4H3;4H2,1-3H3,(H,7,8). The number of hydrogen-bond donors (Lipinski definition) is 1. The molecular formula is C19H34O8. The van der Waals surface area contributed by atoms with Gasteiger partial charge in [-0.05, 0) is 47.0 Å². The lowest BCUT2D eigenvalue weighted by Gasteiger charge is -2.20. The lowest BCUT2D eigenvalue weighted by Crippen LogP contribution is -2.26. The van der Waals surface area contributed by atoms with Crippen LogP contribution >= 0.6 is 0 Å². The van der Waals surface area contributed by atoms with E-state index >= 15 is 0 Å². The zero-order valence-corrected chi connectivity index (χ0v) is 17.5. The van der Waals surface area contributed by atoms with Crippen molar-refractivity contribution >= 4 is 23.9 Å². The Labute approximate surface area is 161 Å². The van der Waals surface area contributed by atoms with E-state index in [4.69, 9.17) is 9.84 Å². The number of aliphatic carboxylic acids is 1. The molecule has 0 aliphatic heterocycles. The van der Waals surface area contributed by atoms with Gasteiger partial charge in [0, 0.05) is 6.42 Å². The predicted molar refractivity (Wildman–Crippen MR) is 98.9 cm³/mol. The lowest BCUT2D eigenvalue weighted by atomic mass is 9.91. The highest BCUT2D eigenvalue weighted by Crippen LogP contribution is 2.21. The Kier molecular flexibility index (Phi) is 13.2. The van der Waals surface area contributed by atoms with Crippen molar-refractivity contribution in [1.82, 2.24) is 0 Å². The molecule has 0 unspecified atom stereocenters. The largest absolute Gasteiger partial charge is 0.481 e. The van der Waals surface area contributed by atoms with Crippen molar-refractivity contribution in [3.63, 3.8) is 0 Å². The van der Waals surface area contributed by atoms with Crippen molar-refractivity contribution in [3.8, 4) is 0 Å². The van der Waals surface area contributed by atoms with Crippen LogP contribution in [-0.4, -0.2) is 49.3 Å². The van der Waals surface area contributed by atoms with Gasteiger partial charge in [0.1, 0.15) is 0 Å². The molecule has 0 fully saturated rings. The Morgan fingerprint density at radius 1 is 0.852 bits per heavy atom. The van der Waals surface area contributed by atoms with E-state index in [9.17, 15) is 19.2 Å². The first-order valence-electron chi connectivity index (χ1n) is 8.97. The third kappa shape index (κ3) is 12.8. The monoisotopic (exact) mass is 390 g/mol. The summed E-state index contributed by atoms with van der Waals surface area (Å²) in [4.78, 5) is 43.7. The molecule has 0 radical (unpaired) electrons. The van der Waals surface area contributed by atoms with Gasteiger partial charge in [-0.3, -0.25) is 14.4 Å². The second kappa shape index (κ2) is 13.1. The van der Waals surface area contributed by atoms with Gasteiger partial charge < -0.3 is 19.3 Å². The maximum atomic E-state index is 11.6. The fourth-order valence-electron chi connectivity index (χ4n) is 1.14. The van der Waals surface area contributed by atoms with E-state index in [0.717, 1.165) is 0 Å². The third-order valence-corrected chi connectivity index (χ3v) is 4.24. The number of esters is 3. The van der Waals surface area contributed by atoms with Crippen LogP contribution in [0.15, 0.2) is 0 Å². The Morgan fingerprint density at radius 2 is 1.37 bits per heavy atom. The van der Waals surface area contributed by atoms with E-state index in [1.807, 2.05) is 13.8 Å². The van der Waals surface area contributed by atoms with Gasteiger partial charge in [0.25, 0.3) is 0 Å². The Hall–Kier alpha value is -2.12. The molecule has 0 spiro atoms. The van der Waals surface area contributed by atoms with Crippen molar-refractivity contribution in [3.05, 3.63) is 0 Å². The fraction of sp³-hybridized carbons (Fsp3) is 0.789. The fourth-order valence-corrected chi connectivity index (χ4v) is 1.14. The average Bonchev–Trinajstić information content (AvgIpc) is 2.63. The maximum absolute atomic E-state index is 11.6. The predicted octanol–water partition coefficient (Wildman–Crippen LogP) is 2.97. The van der Waals surface area contributed by atoms with E-state index in [2.05, 4.69) is 9.47 Å². The summed E-state index contributed by atoms with van der Waals surface area (Å²) < 4.78 is 14.0. The molecule has 158 valence electrons. The first-order valence-corrected chi connectivity index (χ1v) is 8.97. The summed E-state index contributed by atoms with van der Waals surface area (Å²) in [7, 11) is 1.21. The highest BCUT2D eigenvalue weighted by atomic mass is 16.6. The van der Waals surface area contributed by atoms with E-state index in [1.165, 1.54) is 7.11 Å². The number of methoxy groups -OCH3 is 1. The summed E-state index contributed by atoms with van der Waals surface area (Å²) in [5.74, 6) is -2.13. The van der Waals surface area contributed by atoms with Crippen LogP contribution in [0.4, 0.5) is 0 Å². The number of carboxylic acid groups (broad SMARTS) is 1. The Bertz CT molecular complexity index is 494. The number of carboxylic acids is 1. The van der Waals surface area contributed by atoms with E-state index in [0.29, 0.717) is 19.3 Å². The SMILES string of the molecule is CCC(C)(C)C(=O)O.CCC(C)(C)C(=O)OCCCC(=O)OCC(=O)OC. The molecule has 27 heavy (non-hydrogen) atoms. The molecule has 8 nitrogen and oxygen atoms in total. The quantitative estimate of drug-likeness (QED) is 0.344. The molecule has 0 aliphatic carbocycles. The first-order chi connectivity index (χ1) is 12.3. The molecule has 0 saturated heterocycles. The van der Waals surface area contributed by atoms with Gasteiger partial charge >= 0.3 is 23.9 Å². The van der Waals surface area contributed by atoms with Crippen LogP contribution in [0, 0.1) is 10.8 Å². The molecule has 0 bridgehead atoms. The second-order valence-corrected chi connectivity index (χ2v) is 7.26. The number of rotatable bonds is 10. The minimum atomic E-state index is -0.722. The molecule has 0 aromatic heterocycles. The molecule has 1 N–H and O–H groups in total. The van der Waals surface area contributed by atoms with E-state index in [-0.39, 0.29) is 19.0 Å². The van der Waals surface area contributed by atoms with Crippen molar-refractivity contribution in [2.24, 2.45) is 10.8 Å². The van der Waals surface area contributed by atoms with Gasteiger partial charge in [-0.1, -0.05) is 13.8 Å². The van der Waals surface area contributed by atoms with Gasteiger partial charge in [-0.25, -0.2) is 4.79 Å². The Morgan fingerprint density at radius 3 is 1.74 bits per heavy atom. The van der Waals surface area contributed by atoms with Crippen molar-refractivity contribution in [1.29, 1.82) is 0 Å². The normalized spacial score (nSPS) is 10.9. The summed E-state index contributed by atoms with van der Waals surface area (Å²) in [6.45, 7) is 10.6.